The van der Waals surface area contributed by atoms with Crippen LogP contribution in [0.3, 0.4) is 0 Å². The molecule has 2 aromatic rings. The molecule has 4 heteroatoms. The van der Waals surface area contributed by atoms with E-state index in [2.05, 4.69) is 42.2 Å². The minimum atomic E-state index is 0.344. The number of rotatable bonds is 2. The minimum absolute atomic E-state index is 0.344. The third kappa shape index (κ3) is 1.54. The summed E-state index contributed by atoms with van der Waals surface area (Å²) in [5, 5.41) is 0. The van der Waals surface area contributed by atoms with E-state index in [1.54, 1.807) is 12.3 Å². The van der Waals surface area contributed by atoms with Gasteiger partial charge in [-0.25, -0.2) is 9.97 Å². The number of anilines is 1. The topological polar surface area (TPSA) is 56.7 Å². The number of nitrogens with two attached hydrogens (primary N) is 1. The van der Waals surface area contributed by atoms with Crippen molar-refractivity contribution in [2.75, 3.05) is 5.73 Å². The first-order valence-electron chi connectivity index (χ1n) is 5.64. The Morgan fingerprint density at radius 2 is 1.94 bits per heavy atom. The molecule has 4 nitrogen and oxygen atoms in total. The highest BCUT2D eigenvalue weighted by molar-refractivity contribution is 5.84. The Morgan fingerprint density at radius 3 is 2.50 bits per heavy atom. The molecule has 0 saturated carbocycles. The minimum Gasteiger partial charge on any atom is -0.397 e. The average Bonchev–Trinajstić information content (AvgIpc) is 2.58. The highest BCUT2D eigenvalue weighted by Crippen LogP contribution is 2.26. The molecule has 0 amide bonds. The maximum Gasteiger partial charge on any atom is 0.162 e. The van der Waals surface area contributed by atoms with Crippen LogP contribution < -0.4 is 5.73 Å². The predicted octanol–water partition coefficient (Wildman–Crippen LogP) is 2.72. The summed E-state index contributed by atoms with van der Waals surface area (Å²) in [6, 6.07) is 2.14. The lowest BCUT2D eigenvalue weighted by Crippen LogP contribution is -2.08. The van der Waals surface area contributed by atoms with Crippen molar-refractivity contribution in [2.45, 2.75) is 39.7 Å². The summed E-state index contributed by atoms with van der Waals surface area (Å²) in [5.74, 6) is 1.42. The van der Waals surface area contributed by atoms with Crippen LogP contribution in [0.5, 0.6) is 0 Å². The Labute approximate surface area is 95.5 Å². The quantitative estimate of drug-likeness (QED) is 0.843. The molecule has 0 radical (unpaired) electrons. The van der Waals surface area contributed by atoms with Crippen LogP contribution in [0.25, 0.3) is 11.2 Å². The Kier molecular flexibility index (Phi) is 2.58. The summed E-state index contributed by atoms with van der Waals surface area (Å²) < 4.78 is 2.16. The summed E-state index contributed by atoms with van der Waals surface area (Å²) in [4.78, 5) is 9.00. The maximum atomic E-state index is 5.92. The molecule has 0 fully saturated rings. The van der Waals surface area contributed by atoms with Crippen LogP contribution >= 0.6 is 0 Å². The molecule has 16 heavy (non-hydrogen) atoms. The average molecular weight is 218 g/mol. The number of imidazole rings is 1. The molecule has 0 saturated heterocycles. The van der Waals surface area contributed by atoms with Crippen molar-refractivity contribution in [1.29, 1.82) is 0 Å². The van der Waals surface area contributed by atoms with Gasteiger partial charge in [0, 0.05) is 18.2 Å². The summed E-state index contributed by atoms with van der Waals surface area (Å²) in [5.41, 5.74) is 8.33. The van der Waals surface area contributed by atoms with Gasteiger partial charge in [-0.05, 0) is 19.9 Å². The zero-order chi connectivity index (χ0) is 11.9. The third-order valence-corrected chi connectivity index (χ3v) is 2.67. The van der Waals surface area contributed by atoms with Crippen molar-refractivity contribution in [3.05, 3.63) is 18.1 Å². The van der Waals surface area contributed by atoms with Gasteiger partial charge in [0.15, 0.2) is 5.65 Å². The van der Waals surface area contributed by atoms with E-state index in [-0.39, 0.29) is 0 Å². The molecule has 2 rings (SSSR count). The second-order valence-corrected chi connectivity index (χ2v) is 4.66. The van der Waals surface area contributed by atoms with E-state index in [9.17, 15) is 0 Å². The van der Waals surface area contributed by atoms with E-state index in [1.165, 1.54) is 0 Å². The van der Waals surface area contributed by atoms with E-state index < -0.39 is 0 Å². The fraction of sp³-hybridized carbons (Fsp3) is 0.500. The van der Waals surface area contributed by atoms with Gasteiger partial charge in [-0.15, -0.1) is 0 Å². The fourth-order valence-corrected chi connectivity index (χ4v) is 1.94. The zero-order valence-corrected chi connectivity index (χ0v) is 10.2. The van der Waals surface area contributed by atoms with E-state index in [4.69, 9.17) is 5.73 Å². The second kappa shape index (κ2) is 3.77. The number of aromatic nitrogens is 3. The molecule has 0 atom stereocenters. The molecule has 2 aromatic heterocycles. The predicted molar refractivity (Wildman–Crippen MR) is 66.4 cm³/mol. The van der Waals surface area contributed by atoms with Crippen LogP contribution in [-0.2, 0) is 0 Å². The standard InChI is InChI=1S/C12H18N4/c1-7(2)11-15-10-9(13)5-6-14-12(10)16(11)8(3)4/h5-8H,1-4H3,(H2,13,14). The van der Waals surface area contributed by atoms with Gasteiger partial charge in [0.1, 0.15) is 11.3 Å². The van der Waals surface area contributed by atoms with Crippen LogP contribution in [0.1, 0.15) is 45.5 Å². The molecular weight excluding hydrogens is 200 g/mol. The van der Waals surface area contributed by atoms with Gasteiger partial charge >= 0.3 is 0 Å². The van der Waals surface area contributed by atoms with Crippen LogP contribution in [0.15, 0.2) is 12.3 Å². The van der Waals surface area contributed by atoms with E-state index in [1.807, 2.05) is 0 Å². The molecule has 0 spiro atoms. The number of pyridine rings is 1. The largest absolute Gasteiger partial charge is 0.397 e. The molecule has 0 aromatic carbocycles. The number of hydrogen-bond acceptors (Lipinski definition) is 3. The molecule has 0 aliphatic rings. The Bertz CT molecular complexity index is 511. The third-order valence-electron chi connectivity index (χ3n) is 2.67. The maximum absolute atomic E-state index is 5.92. The Hall–Kier alpha value is -1.58. The Balaban J connectivity index is 2.81. The summed E-state index contributed by atoms with van der Waals surface area (Å²) >= 11 is 0. The highest BCUT2D eigenvalue weighted by Gasteiger charge is 2.17. The van der Waals surface area contributed by atoms with Crippen LogP contribution in [0.2, 0.25) is 0 Å². The van der Waals surface area contributed by atoms with Crippen molar-refractivity contribution in [3.63, 3.8) is 0 Å². The van der Waals surface area contributed by atoms with E-state index in [0.717, 1.165) is 17.0 Å². The first kappa shape index (κ1) is 10.9. The number of nitrogens with zero attached hydrogens (tertiary/aromatic N) is 3. The molecule has 2 N–H and O–H groups in total. The van der Waals surface area contributed by atoms with Crippen LogP contribution in [0.4, 0.5) is 5.69 Å². The van der Waals surface area contributed by atoms with Crippen LogP contribution in [-0.4, -0.2) is 14.5 Å². The first-order valence-corrected chi connectivity index (χ1v) is 5.64. The number of fused-ring (bicyclic) bond motifs is 1. The van der Waals surface area contributed by atoms with Gasteiger partial charge in [0.2, 0.25) is 0 Å². The lowest BCUT2D eigenvalue weighted by Gasteiger charge is -2.14. The highest BCUT2D eigenvalue weighted by atomic mass is 15.1. The zero-order valence-electron chi connectivity index (χ0n) is 10.2. The molecule has 0 bridgehead atoms. The van der Waals surface area contributed by atoms with Crippen molar-refractivity contribution in [2.24, 2.45) is 0 Å². The molecule has 0 unspecified atom stereocenters. The van der Waals surface area contributed by atoms with Gasteiger partial charge in [0.25, 0.3) is 0 Å². The normalized spacial score (nSPS) is 11.9. The summed E-state index contributed by atoms with van der Waals surface area (Å²) in [6.07, 6.45) is 1.74. The van der Waals surface area contributed by atoms with Gasteiger partial charge in [-0.2, -0.15) is 0 Å². The van der Waals surface area contributed by atoms with Gasteiger partial charge < -0.3 is 10.3 Å². The molecule has 0 aliphatic carbocycles. The number of hydrogen-bond donors (Lipinski definition) is 1. The van der Waals surface area contributed by atoms with E-state index >= 15 is 0 Å². The van der Waals surface area contributed by atoms with Crippen molar-refractivity contribution in [3.8, 4) is 0 Å². The van der Waals surface area contributed by atoms with Crippen molar-refractivity contribution >= 4 is 16.9 Å². The SMILES string of the molecule is CC(C)c1nc2c(N)ccnc2n1C(C)C. The van der Waals surface area contributed by atoms with Gasteiger partial charge in [0.05, 0.1) is 5.69 Å². The Morgan fingerprint density at radius 1 is 1.25 bits per heavy atom. The van der Waals surface area contributed by atoms with Crippen molar-refractivity contribution in [1.82, 2.24) is 14.5 Å². The smallest absolute Gasteiger partial charge is 0.162 e. The fourth-order valence-electron chi connectivity index (χ4n) is 1.94. The molecule has 0 aliphatic heterocycles. The van der Waals surface area contributed by atoms with E-state index in [0.29, 0.717) is 17.6 Å². The summed E-state index contributed by atoms with van der Waals surface area (Å²) in [6.45, 7) is 8.54. The monoisotopic (exact) mass is 218 g/mol. The second-order valence-electron chi connectivity index (χ2n) is 4.66. The lowest BCUT2D eigenvalue weighted by atomic mass is 10.2. The van der Waals surface area contributed by atoms with Crippen LogP contribution in [0, 0.1) is 0 Å². The number of nitrogen functional groups attached to an aromatic ring is 1. The molecule has 86 valence electrons. The summed E-state index contributed by atoms with van der Waals surface area (Å²) in [7, 11) is 0. The first-order chi connectivity index (χ1) is 7.52. The van der Waals surface area contributed by atoms with Crippen molar-refractivity contribution < 1.29 is 0 Å². The molecular formula is C12H18N4. The molecule has 2 heterocycles. The van der Waals surface area contributed by atoms with Gasteiger partial charge in [-0.3, -0.25) is 0 Å². The van der Waals surface area contributed by atoms with Gasteiger partial charge in [-0.1, -0.05) is 13.8 Å². The lowest BCUT2D eigenvalue weighted by molar-refractivity contribution is 0.561.